The van der Waals surface area contributed by atoms with E-state index in [-0.39, 0.29) is 0 Å². The van der Waals surface area contributed by atoms with E-state index in [0.29, 0.717) is 0 Å². The van der Waals surface area contributed by atoms with Crippen LogP contribution in [0, 0.1) is 5.21 Å². The molecule has 0 rings (SSSR count). The van der Waals surface area contributed by atoms with Crippen LogP contribution in [0.4, 0.5) is 0 Å². The van der Waals surface area contributed by atoms with Crippen LogP contribution in [0.3, 0.4) is 0 Å². The first-order valence-corrected chi connectivity index (χ1v) is 26.6. The summed E-state index contributed by atoms with van der Waals surface area (Å²) in [7, 11) is 0. The quantitative estimate of drug-likeness (QED) is 0.0199. The van der Waals surface area contributed by atoms with Gasteiger partial charge in [-0.15, -0.1) is 0 Å². The summed E-state index contributed by atoms with van der Waals surface area (Å²) in [5.41, 5.74) is 1.24. The van der Waals surface area contributed by atoms with E-state index in [0.717, 1.165) is 25.8 Å². The monoisotopic (exact) mass is 774 g/mol. The molecule has 2 heteroatoms. The van der Waals surface area contributed by atoms with Crippen molar-refractivity contribution < 1.29 is 4.74 Å². The molecule has 0 unspecified atom stereocenters. The summed E-state index contributed by atoms with van der Waals surface area (Å²) in [4.78, 5) is 0. The molecule has 330 valence electrons. The second kappa shape index (κ2) is 49.6. The molecule has 0 aliphatic heterocycles. The molecule has 0 N–H and O–H groups in total. The van der Waals surface area contributed by atoms with Crippen LogP contribution in [-0.2, 0) is 0 Å². The fourth-order valence-corrected chi connectivity index (χ4v) is 8.74. The van der Waals surface area contributed by atoms with Crippen LogP contribution in [0.5, 0.6) is 0 Å². The van der Waals surface area contributed by atoms with Crippen LogP contribution >= 0.6 is 0 Å². The van der Waals surface area contributed by atoms with Crippen molar-refractivity contribution >= 4 is 5.71 Å². The molecule has 0 aromatic rings. The molecule has 0 saturated carbocycles. The Morgan fingerprint density at radius 3 is 0.600 bits per heavy atom. The Bertz CT molecular complexity index is 679. The van der Waals surface area contributed by atoms with Gasteiger partial charge >= 0.3 is 0 Å². The van der Waals surface area contributed by atoms with Crippen LogP contribution in [0.25, 0.3) is 0 Å². The lowest BCUT2D eigenvalue weighted by atomic mass is 10.0. The second-order valence-corrected chi connectivity index (χ2v) is 18.4. The fourth-order valence-electron chi connectivity index (χ4n) is 8.74. The van der Waals surface area contributed by atoms with E-state index >= 15 is 0 Å². The predicted octanol–water partition coefficient (Wildman–Crippen LogP) is 19.7. The van der Waals surface area contributed by atoms with Crippen molar-refractivity contribution in [3.63, 3.8) is 0 Å². The number of nitrogens with zero attached hydrogens (tertiary/aromatic N) is 1. The van der Waals surface area contributed by atoms with Crippen LogP contribution in [0.15, 0.2) is 0 Å². The Hall–Kier alpha value is -0.530. The Labute approximate surface area is 350 Å². The Kier molecular flexibility index (Phi) is 49.1. The summed E-state index contributed by atoms with van der Waals surface area (Å²) in [5.74, 6) is 0. The average Bonchev–Trinajstić information content (AvgIpc) is 3.19. The van der Waals surface area contributed by atoms with Crippen LogP contribution in [0.1, 0.15) is 329 Å². The number of rotatable bonds is 49. The third-order valence-electron chi connectivity index (χ3n) is 12.7. The molecular formula is C53H107NO. The molecule has 0 aliphatic carbocycles. The summed E-state index contributed by atoms with van der Waals surface area (Å²) in [6, 6.07) is 0. The minimum absolute atomic E-state index is 0.741. The highest BCUT2D eigenvalue weighted by molar-refractivity contribution is 5.79. The van der Waals surface area contributed by atoms with Crippen molar-refractivity contribution in [3.8, 4) is 0 Å². The second-order valence-electron chi connectivity index (χ2n) is 18.4. The smallest absolute Gasteiger partial charge is 0.163 e. The summed E-state index contributed by atoms with van der Waals surface area (Å²) < 4.78 is 1.47. The van der Waals surface area contributed by atoms with Gasteiger partial charge in [-0.2, -0.15) is 0 Å². The maximum absolute atomic E-state index is 13.3. The topological polar surface area (TPSA) is 26.1 Å². The highest BCUT2D eigenvalue weighted by Crippen LogP contribution is 2.18. The molecule has 0 spiro atoms. The number of hydroxylamine groups is 1. The van der Waals surface area contributed by atoms with E-state index < -0.39 is 0 Å². The van der Waals surface area contributed by atoms with Crippen molar-refractivity contribution in [2.24, 2.45) is 0 Å². The summed E-state index contributed by atoms with van der Waals surface area (Å²) >= 11 is 0. The van der Waals surface area contributed by atoms with Gasteiger partial charge < -0.3 is 5.21 Å². The molecular weight excluding hydrogens is 667 g/mol. The van der Waals surface area contributed by atoms with E-state index in [2.05, 4.69) is 20.8 Å². The number of hydrogen-bond acceptors (Lipinski definition) is 1. The molecule has 0 fully saturated rings. The lowest BCUT2D eigenvalue weighted by molar-refractivity contribution is -0.461. The minimum Gasteiger partial charge on any atom is -0.624 e. The first-order valence-electron chi connectivity index (χ1n) is 26.6. The van der Waals surface area contributed by atoms with Gasteiger partial charge in [0.2, 0.25) is 0 Å². The Morgan fingerprint density at radius 1 is 0.236 bits per heavy atom. The zero-order chi connectivity index (χ0) is 39.8. The highest BCUT2D eigenvalue weighted by atomic mass is 16.5. The summed E-state index contributed by atoms with van der Waals surface area (Å²) in [6.45, 7) is 7.66. The molecule has 0 heterocycles. The molecule has 0 saturated heterocycles. The van der Waals surface area contributed by atoms with Gasteiger partial charge in [-0.25, -0.2) is 4.74 Å². The molecule has 0 bridgehead atoms. The van der Waals surface area contributed by atoms with Crippen molar-refractivity contribution in [2.45, 2.75) is 329 Å². The molecule has 2 nitrogen and oxygen atoms in total. The largest absolute Gasteiger partial charge is 0.624 e. The van der Waals surface area contributed by atoms with Gasteiger partial charge in [0.1, 0.15) is 0 Å². The fraction of sp³-hybridized carbons (Fsp3) is 0.981. The third kappa shape index (κ3) is 46.0. The van der Waals surface area contributed by atoms with Crippen molar-refractivity contribution in [3.05, 3.63) is 5.21 Å². The van der Waals surface area contributed by atoms with Crippen molar-refractivity contribution in [2.75, 3.05) is 6.54 Å². The molecule has 55 heavy (non-hydrogen) atoms. The average molecular weight is 774 g/mol. The van der Waals surface area contributed by atoms with E-state index in [1.807, 2.05) is 0 Å². The van der Waals surface area contributed by atoms with Gasteiger partial charge in [-0.3, -0.25) is 0 Å². The Morgan fingerprint density at radius 2 is 0.400 bits per heavy atom. The predicted molar refractivity (Wildman–Crippen MR) is 252 cm³/mol. The molecule has 0 radical (unpaired) electrons. The van der Waals surface area contributed by atoms with Crippen molar-refractivity contribution in [1.29, 1.82) is 0 Å². The van der Waals surface area contributed by atoms with Crippen LogP contribution in [-0.4, -0.2) is 17.0 Å². The van der Waals surface area contributed by atoms with Crippen LogP contribution in [0.2, 0.25) is 0 Å². The molecule has 0 aromatic carbocycles. The standard InChI is InChI=1S/C53H107NO/c1-4-7-10-13-16-19-22-25-28-31-34-37-40-43-46-49-52-54(55)53(50-47-44-41-38-35-32-29-26-23-20-17-14-11-8-5-2)51-48-45-42-39-36-33-30-27-24-21-18-15-12-9-6-3/h4-52H2,1-3H3. The summed E-state index contributed by atoms with van der Waals surface area (Å²) in [6.07, 6.45) is 66.5. The van der Waals surface area contributed by atoms with Gasteiger partial charge in [0.15, 0.2) is 12.3 Å². The third-order valence-corrected chi connectivity index (χ3v) is 12.7. The number of unbranched alkanes of at least 4 members (excludes halogenated alkanes) is 43. The number of hydrogen-bond donors (Lipinski definition) is 0. The van der Waals surface area contributed by atoms with Gasteiger partial charge in [0.05, 0.1) is 0 Å². The normalized spacial score (nSPS) is 11.5. The molecule has 0 aliphatic rings. The lowest BCUT2D eigenvalue weighted by Crippen LogP contribution is -2.17. The molecule has 0 atom stereocenters. The van der Waals surface area contributed by atoms with Gasteiger partial charge in [-0.1, -0.05) is 290 Å². The first-order chi connectivity index (χ1) is 27.3. The maximum Gasteiger partial charge on any atom is 0.163 e. The van der Waals surface area contributed by atoms with E-state index in [9.17, 15) is 5.21 Å². The lowest BCUT2D eigenvalue weighted by Gasteiger charge is -2.12. The van der Waals surface area contributed by atoms with Crippen molar-refractivity contribution in [1.82, 2.24) is 0 Å². The zero-order valence-corrected chi connectivity index (χ0v) is 39.0. The summed E-state index contributed by atoms with van der Waals surface area (Å²) in [5, 5.41) is 13.3. The van der Waals surface area contributed by atoms with E-state index in [1.54, 1.807) is 0 Å². The minimum atomic E-state index is 0.741. The SMILES string of the molecule is CCCCCCCCCCCCCCCCCC[N+]([O-])=C(CCCCCCCCCCCCCCCCC)CCCCCCCCCCCCCCCCC. The zero-order valence-electron chi connectivity index (χ0n) is 39.0. The van der Waals surface area contributed by atoms with Gasteiger partial charge in [-0.05, 0) is 19.3 Å². The highest BCUT2D eigenvalue weighted by Gasteiger charge is 2.10. The van der Waals surface area contributed by atoms with Gasteiger partial charge in [0.25, 0.3) is 0 Å². The van der Waals surface area contributed by atoms with Crippen LogP contribution < -0.4 is 0 Å². The molecule has 0 aromatic heterocycles. The first kappa shape index (κ1) is 54.5. The maximum atomic E-state index is 13.3. The van der Waals surface area contributed by atoms with Gasteiger partial charge in [0, 0.05) is 19.3 Å². The Balaban J connectivity index is 4.14. The van der Waals surface area contributed by atoms with E-state index in [1.165, 1.54) is 299 Å². The molecule has 0 amide bonds. The van der Waals surface area contributed by atoms with E-state index in [4.69, 9.17) is 0 Å².